The van der Waals surface area contributed by atoms with Crippen LogP contribution in [0.4, 0.5) is 0 Å². The van der Waals surface area contributed by atoms with Gasteiger partial charge in [0.05, 0.1) is 12.0 Å². The van der Waals surface area contributed by atoms with Gasteiger partial charge in [0.15, 0.2) is 12.4 Å². The first kappa shape index (κ1) is 7.16. The monoisotopic (exact) mass is 175 g/mol. The fourth-order valence-electron chi connectivity index (χ4n) is 2.46. The molecular weight excluding hydrogens is 166 g/mol. The standard InChI is InChI=1S/C10H9NO2/c11-5-8-4-7-2-1-3-9-10(7,8)13-6-12-9/h1-3,7-8H,4,6H2. The Hall–Kier alpha value is -1.27. The molecule has 0 bridgehead atoms. The molecule has 0 N–H and O–H groups in total. The summed E-state index contributed by atoms with van der Waals surface area (Å²) >= 11 is 0. The van der Waals surface area contributed by atoms with Crippen molar-refractivity contribution < 1.29 is 9.47 Å². The molecule has 3 rings (SSSR count). The molecule has 13 heavy (non-hydrogen) atoms. The molecule has 2 aliphatic carbocycles. The summed E-state index contributed by atoms with van der Waals surface area (Å²) in [4.78, 5) is 0. The lowest BCUT2D eigenvalue weighted by Crippen LogP contribution is -2.55. The Bertz CT molecular complexity index is 352. The summed E-state index contributed by atoms with van der Waals surface area (Å²) < 4.78 is 10.9. The van der Waals surface area contributed by atoms with Crippen molar-refractivity contribution in [3.05, 3.63) is 24.0 Å². The predicted molar refractivity (Wildman–Crippen MR) is 44.2 cm³/mol. The van der Waals surface area contributed by atoms with Gasteiger partial charge in [-0.25, -0.2) is 0 Å². The average Bonchev–Trinajstić information content (AvgIpc) is 2.55. The van der Waals surface area contributed by atoms with Crippen LogP contribution in [0.3, 0.4) is 0 Å². The lowest BCUT2D eigenvalue weighted by molar-refractivity contribution is -0.109. The molecular formula is C10H9NO2. The van der Waals surface area contributed by atoms with Crippen LogP contribution < -0.4 is 0 Å². The van der Waals surface area contributed by atoms with Crippen molar-refractivity contribution in [1.82, 2.24) is 0 Å². The van der Waals surface area contributed by atoms with E-state index in [0.717, 1.165) is 12.2 Å². The molecule has 0 aromatic carbocycles. The molecule has 1 aliphatic heterocycles. The van der Waals surface area contributed by atoms with Crippen LogP contribution in [-0.4, -0.2) is 12.4 Å². The molecule has 1 saturated carbocycles. The quantitative estimate of drug-likeness (QED) is 0.558. The van der Waals surface area contributed by atoms with Crippen LogP contribution in [-0.2, 0) is 9.47 Å². The second-order valence-electron chi connectivity index (χ2n) is 3.64. The lowest BCUT2D eigenvalue weighted by Gasteiger charge is -2.48. The Balaban J connectivity index is 2.07. The first-order chi connectivity index (χ1) is 6.38. The molecule has 2 fully saturated rings. The van der Waals surface area contributed by atoms with E-state index < -0.39 is 5.60 Å². The molecule has 1 saturated heterocycles. The van der Waals surface area contributed by atoms with E-state index in [-0.39, 0.29) is 5.92 Å². The Kier molecular flexibility index (Phi) is 1.19. The van der Waals surface area contributed by atoms with Gasteiger partial charge in [0.2, 0.25) is 0 Å². The van der Waals surface area contributed by atoms with Crippen LogP contribution >= 0.6 is 0 Å². The lowest BCUT2D eigenvalue weighted by atomic mass is 9.59. The molecule has 1 heterocycles. The number of rotatable bonds is 0. The molecule has 3 aliphatic rings. The zero-order chi connectivity index (χ0) is 8.89. The van der Waals surface area contributed by atoms with Crippen molar-refractivity contribution >= 4 is 0 Å². The van der Waals surface area contributed by atoms with Crippen molar-refractivity contribution in [3.63, 3.8) is 0 Å². The van der Waals surface area contributed by atoms with E-state index in [0.29, 0.717) is 12.7 Å². The van der Waals surface area contributed by atoms with Crippen LogP contribution in [0.15, 0.2) is 24.0 Å². The van der Waals surface area contributed by atoms with Crippen LogP contribution in [0, 0.1) is 23.2 Å². The van der Waals surface area contributed by atoms with Crippen LogP contribution in [0.5, 0.6) is 0 Å². The fourth-order valence-corrected chi connectivity index (χ4v) is 2.46. The number of ether oxygens (including phenoxy) is 2. The summed E-state index contributed by atoms with van der Waals surface area (Å²) in [5, 5.41) is 8.93. The maximum atomic E-state index is 8.93. The summed E-state index contributed by atoms with van der Waals surface area (Å²) in [5.41, 5.74) is -0.413. The molecule has 3 nitrogen and oxygen atoms in total. The summed E-state index contributed by atoms with van der Waals surface area (Å²) in [6.07, 6.45) is 6.90. The second-order valence-corrected chi connectivity index (χ2v) is 3.64. The first-order valence-electron chi connectivity index (χ1n) is 4.43. The Morgan fingerprint density at radius 3 is 3.38 bits per heavy atom. The summed E-state index contributed by atoms with van der Waals surface area (Å²) in [6.45, 7) is 0.294. The van der Waals surface area contributed by atoms with Gasteiger partial charge in [0.1, 0.15) is 5.76 Å². The average molecular weight is 175 g/mol. The number of hydrogen-bond acceptors (Lipinski definition) is 3. The van der Waals surface area contributed by atoms with Crippen molar-refractivity contribution in [2.75, 3.05) is 6.79 Å². The molecule has 0 radical (unpaired) electrons. The summed E-state index contributed by atoms with van der Waals surface area (Å²) in [7, 11) is 0. The number of nitriles is 1. The minimum Gasteiger partial charge on any atom is -0.469 e. The minimum absolute atomic E-state index is 0.0313. The van der Waals surface area contributed by atoms with Gasteiger partial charge in [-0.3, -0.25) is 0 Å². The van der Waals surface area contributed by atoms with Crippen molar-refractivity contribution in [2.24, 2.45) is 11.8 Å². The smallest absolute Gasteiger partial charge is 0.190 e. The van der Waals surface area contributed by atoms with E-state index in [4.69, 9.17) is 14.7 Å². The van der Waals surface area contributed by atoms with Crippen molar-refractivity contribution in [3.8, 4) is 6.07 Å². The number of nitrogens with zero attached hydrogens (tertiary/aromatic N) is 1. The van der Waals surface area contributed by atoms with E-state index in [2.05, 4.69) is 12.1 Å². The molecule has 0 aromatic heterocycles. The van der Waals surface area contributed by atoms with Crippen molar-refractivity contribution in [2.45, 2.75) is 12.0 Å². The Labute approximate surface area is 76.2 Å². The van der Waals surface area contributed by atoms with Gasteiger partial charge in [0, 0.05) is 5.92 Å². The molecule has 3 atom stereocenters. The van der Waals surface area contributed by atoms with Gasteiger partial charge < -0.3 is 9.47 Å². The number of hydrogen-bond donors (Lipinski definition) is 0. The number of allylic oxidation sites excluding steroid dienone is 2. The van der Waals surface area contributed by atoms with Gasteiger partial charge in [0.25, 0.3) is 0 Å². The maximum absolute atomic E-state index is 8.93. The second kappa shape index (κ2) is 2.15. The topological polar surface area (TPSA) is 42.2 Å². The van der Waals surface area contributed by atoms with Gasteiger partial charge in [-0.1, -0.05) is 12.2 Å². The van der Waals surface area contributed by atoms with Crippen molar-refractivity contribution in [1.29, 1.82) is 5.26 Å². The van der Waals surface area contributed by atoms with Gasteiger partial charge in [-0.05, 0) is 12.5 Å². The molecule has 0 aromatic rings. The van der Waals surface area contributed by atoms with Crippen LogP contribution in [0.2, 0.25) is 0 Å². The normalized spacial score (nSPS) is 45.0. The maximum Gasteiger partial charge on any atom is 0.190 e. The van der Waals surface area contributed by atoms with Crippen LogP contribution in [0.1, 0.15) is 6.42 Å². The molecule has 1 spiro atoms. The highest BCUT2D eigenvalue weighted by atomic mass is 16.7. The van der Waals surface area contributed by atoms with E-state index in [1.807, 2.05) is 12.2 Å². The fraction of sp³-hybridized carbons (Fsp3) is 0.500. The Morgan fingerprint density at radius 2 is 2.54 bits per heavy atom. The van der Waals surface area contributed by atoms with E-state index in [9.17, 15) is 0 Å². The third kappa shape index (κ3) is 0.641. The summed E-state index contributed by atoms with van der Waals surface area (Å²) in [5.74, 6) is 1.16. The molecule has 0 amide bonds. The van der Waals surface area contributed by atoms with Gasteiger partial charge in [-0.2, -0.15) is 5.26 Å². The Morgan fingerprint density at radius 1 is 1.62 bits per heavy atom. The molecule has 66 valence electrons. The zero-order valence-electron chi connectivity index (χ0n) is 7.06. The van der Waals surface area contributed by atoms with Crippen LogP contribution in [0.25, 0.3) is 0 Å². The molecule has 3 heteroatoms. The highest BCUT2D eigenvalue weighted by Gasteiger charge is 2.62. The van der Waals surface area contributed by atoms with E-state index in [1.54, 1.807) is 0 Å². The van der Waals surface area contributed by atoms with E-state index >= 15 is 0 Å². The zero-order valence-corrected chi connectivity index (χ0v) is 7.06. The SMILES string of the molecule is N#CC1CC2C=CC=C3OCOC312. The van der Waals surface area contributed by atoms with Gasteiger partial charge in [-0.15, -0.1) is 0 Å². The third-order valence-electron chi connectivity index (χ3n) is 3.20. The summed E-state index contributed by atoms with van der Waals surface area (Å²) in [6, 6.07) is 2.28. The highest BCUT2D eigenvalue weighted by Crippen LogP contribution is 2.56. The predicted octanol–water partition coefficient (Wildman–Crippen LogP) is 1.34. The van der Waals surface area contributed by atoms with Gasteiger partial charge >= 0.3 is 0 Å². The third-order valence-corrected chi connectivity index (χ3v) is 3.20. The molecule has 3 unspecified atom stereocenters. The largest absolute Gasteiger partial charge is 0.469 e. The highest BCUT2D eigenvalue weighted by molar-refractivity contribution is 5.37. The minimum atomic E-state index is -0.413. The van der Waals surface area contributed by atoms with E-state index in [1.165, 1.54) is 0 Å². The first-order valence-corrected chi connectivity index (χ1v) is 4.43.